The Hall–Kier alpha value is -2.05. The molecule has 0 spiro atoms. The summed E-state index contributed by atoms with van der Waals surface area (Å²) in [5.74, 6) is -0.156. The predicted octanol–water partition coefficient (Wildman–Crippen LogP) is 4.82. The molecule has 2 heterocycles. The summed E-state index contributed by atoms with van der Waals surface area (Å²) < 4.78 is 0. The van der Waals surface area contributed by atoms with Gasteiger partial charge < -0.3 is 0 Å². The van der Waals surface area contributed by atoms with E-state index in [4.69, 9.17) is 16.6 Å². The molecule has 134 valence electrons. The number of aromatic nitrogens is 3. The van der Waals surface area contributed by atoms with Gasteiger partial charge in [-0.3, -0.25) is 15.1 Å². The Kier molecular flexibility index (Phi) is 4.87. The van der Waals surface area contributed by atoms with Crippen molar-refractivity contribution in [2.75, 3.05) is 5.32 Å². The third-order valence-corrected chi connectivity index (χ3v) is 5.77. The highest BCUT2D eigenvalue weighted by Crippen LogP contribution is 2.32. The summed E-state index contributed by atoms with van der Waals surface area (Å²) in [5, 5.41) is 14.1. The molecule has 0 saturated heterocycles. The molecule has 0 saturated carbocycles. The average Bonchev–Trinajstić information content (AvgIpc) is 3.26. The number of amides is 1. The summed E-state index contributed by atoms with van der Waals surface area (Å²) in [4.78, 5) is 17.8. The first-order valence-electron chi connectivity index (χ1n) is 8.90. The van der Waals surface area contributed by atoms with E-state index in [2.05, 4.69) is 22.4 Å². The fraction of sp³-hybridized carbons (Fsp3) is 0.368. The number of rotatable bonds is 5. The zero-order chi connectivity index (χ0) is 18.1. The van der Waals surface area contributed by atoms with Crippen molar-refractivity contribution in [1.29, 1.82) is 0 Å². The van der Waals surface area contributed by atoms with E-state index < -0.39 is 0 Å². The highest BCUT2D eigenvalue weighted by molar-refractivity contribution is 7.15. The SMILES string of the molecule is CCCCc1nnc(NC(=O)c2c3c(nc4ccc(Cl)cc24)CCC3)s1. The van der Waals surface area contributed by atoms with E-state index in [0.29, 0.717) is 15.7 Å². The maximum atomic E-state index is 13.1. The van der Waals surface area contributed by atoms with Crippen LogP contribution < -0.4 is 5.32 Å². The van der Waals surface area contributed by atoms with Crippen LogP contribution in [0, 0.1) is 0 Å². The topological polar surface area (TPSA) is 67.8 Å². The van der Waals surface area contributed by atoms with Gasteiger partial charge in [0, 0.05) is 22.5 Å². The van der Waals surface area contributed by atoms with Crippen LogP contribution in [0.15, 0.2) is 18.2 Å². The fourth-order valence-corrected chi connectivity index (χ4v) is 4.34. The summed E-state index contributed by atoms with van der Waals surface area (Å²) in [6.07, 6.45) is 5.88. The van der Waals surface area contributed by atoms with Gasteiger partial charge in [-0.05, 0) is 49.4 Å². The number of benzene rings is 1. The monoisotopic (exact) mass is 386 g/mol. The van der Waals surface area contributed by atoms with Crippen molar-refractivity contribution in [3.63, 3.8) is 0 Å². The van der Waals surface area contributed by atoms with Crippen LogP contribution in [0.3, 0.4) is 0 Å². The Bertz CT molecular complexity index is 985. The molecular formula is C19H19ClN4OS. The van der Waals surface area contributed by atoms with E-state index in [1.54, 1.807) is 0 Å². The molecule has 0 unspecified atom stereocenters. The van der Waals surface area contributed by atoms with Gasteiger partial charge in [-0.2, -0.15) is 0 Å². The van der Waals surface area contributed by atoms with Gasteiger partial charge in [0.1, 0.15) is 5.01 Å². The lowest BCUT2D eigenvalue weighted by atomic mass is 10.0. The highest BCUT2D eigenvalue weighted by atomic mass is 35.5. The Labute approximate surface area is 160 Å². The number of nitrogens with one attached hydrogen (secondary N) is 1. The minimum Gasteiger partial charge on any atom is -0.296 e. The van der Waals surface area contributed by atoms with Crippen LogP contribution in [-0.4, -0.2) is 21.1 Å². The van der Waals surface area contributed by atoms with Gasteiger partial charge in [0.05, 0.1) is 11.1 Å². The molecule has 0 atom stereocenters. The van der Waals surface area contributed by atoms with Crippen LogP contribution in [0.5, 0.6) is 0 Å². The lowest BCUT2D eigenvalue weighted by molar-refractivity contribution is 0.102. The van der Waals surface area contributed by atoms with E-state index in [1.165, 1.54) is 11.3 Å². The lowest BCUT2D eigenvalue weighted by Crippen LogP contribution is -2.15. The third-order valence-electron chi connectivity index (χ3n) is 4.63. The first-order chi connectivity index (χ1) is 12.7. The van der Waals surface area contributed by atoms with E-state index >= 15 is 0 Å². The first kappa shape index (κ1) is 17.4. The van der Waals surface area contributed by atoms with Crippen molar-refractivity contribution in [2.45, 2.75) is 45.4 Å². The largest absolute Gasteiger partial charge is 0.296 e. The van der Waals surface area contributed by atoms with Gasteiger partial charge in [0.15, 0.2) is 0 Å². The molecule has 0 bridgehead atoms. The van der Waals surface area contributed by atoms with Crippen LogP contribution in [0.2, 0.25) is 5.02 Å². The summed E-state index contributed by atoms with van der Waals surface area (Å²) in [6, 6.07) is 5.51. The van der Waals surface area contributed by atoms with Gasteiger partial charge >= 0.3 is 0 Å². The number of hydrogen-bond acceptors (Lipinski definition) is 5. The standard InChI is InChI=1S/C19H19ClN4OS/c1-2-3-7-16-23-24-19(26-16)22-18(25)17-12-5-4-6-14(12)21-15-9-8-11(20)10-13(15)17/h8-10H,2-7H2,1H3,(H,22,24,25). The van der Waals surface area contributed by atoms with Crippen LogP contribution >= 0.6 is 22.9 Å². The second kappa shape index (κ2) is 7.29. The van der Waals surface area contributed by atoms with Crippen LogP contribution in [0.25, 0.3) is 10.9 Å². The normalized spacial score (nSPS) is 13.2. The second-order valence-corrected chi connectivity index (χ2v) is 7.98. The van der Waals surface area contributed by atoms with Gasteiger partial charge in [-0.25, -0.2) is 0 Å². The minimum absolute atomic E-state index is 0.156. The van der Waals surface area contributed by atoms with Crippen molar-refractivity contribution in [3.05, 3.63) is 45.1 Å². The van der Waals surface area contributed by atoms with E-state index in [9.17, 15) is 4.79 Å². The number of anilines is 1. The molecule has 1 N–H and O–H groups in total. The van der Waals surface area contributed by atoms with Gasteiger partial charge in [-0.15, -0.1) is 10.2 Å². The zero-order valence-corrected chi connectivity index (χ0v) is 16.1. The van der Waals surface area contributed by atoms with E-state index in [0.717, 1.165) is 65.7 Å². The molecule has 3 aromatic rings. The molecule has 5 nitrogen and oxygen atoms in total. The Morgan fingerprint density at radius 2 is 2.19 bits per heavy atom. The molecule has 0 radical (unpaired) electrons. The number of carbonyl (C=O) groups excluding carboxylic acids is 1. The lowest BCUT2D eigenvalue weighted by Gasteiger charge is -2.12. The molecule has 1 aliphatic carbocycles. The van der Waals surface area contributed by atoms with Crippen LogP contribution in [-0.2, 0) is 19.3 Å². The summed E-state index contributed by atoms with van der Waals surface area (Å²) >= 11 is 7.62. The minimum atomic E-state index is -0.156. The molecule has 26 heavy (non-hydrogen) atoms. The maximum Gasteiger partial charge on any atom is 0.258 e. The average molecular weight is 387 g/mol. The van der Waals surface area contributed by atoms with Gasteiger partial charge in [-0.1, -0.05) is 36.3 Å². The molecule has 1 aliphatic rings. The first-order valence-corrected chi connectivity index (χ1v) is 10.1. The summed E-state index contributed by atoms with van der Waals surface area (Å²) in [5.41, 5.74) is 3.54. The summed E-state index contributed by atoms with van der Waals surface area (Å²) in [7, 11) is 0. The molecule has 7 heteroatoms. The molecular weight excluding hydrogens is 368 g/mol. The fourth-order valence-electron chi connectivity index (χ4n) is 3.39. The molecule has 0 fully saturated rings. The quantitative estimate of drug-likeness (QED) is 0.682. The summed E-state index contributed by atoms with van der Waals surface area (Å²) in [6.45, 7) is 2.14. The second-order valence-electron chi connectivity index (χ2n) is 6.49. The van der Waals surface area contributed by atoms with Gasteiger partial charge in [0.25, 0.3) is 5.91 Å². The smallest absolute Gasteiger partial charge is 0.258 e. The third kappa shape index (κ3) is 3.31. The number of fused-ring (bicyclic) bond motifs is 2. The predicted molar refractivity (Wildman–Crippen MR) is 105 cm³/mol. The molecule has 4 rings (SSSR count). The van der Waals surface area contributed by atoms with Gasteiger partial charge in [0.2, 0.25) is 5.13 Å². The molecule has 2 aromatic heterocycles. The van der Waals surface area contributed by atoms with Crippen LogP contribution in [0.4, 0.5) is 5.13 Å². The number of pyridine rings is 1. The molecule has 0 aliphatic heterocycles. The Balaban J connectivity index is 1.70. The van der Waals surface area contributed by atoms with Crippen molar-refractivity contribution in [1.82, 2.24) is 15.2 Å². The maximum absolute atomic E-state index is 13.1. The van der Waals surface area contributed by atoms with E-state index in [-0.39, 0.29) is 5.91 Å². The molecule has 1 amide bonds. The number of halogens is 1. The van der Waals surface area contributed by atoms with Crippen LogP contribution in [0.1, 0.15) is 52.8 Å². The number of hydrogen-bond donors (Lipinski definition) is 1. The number of nitrogens with zero attached hydrogens (tertiary/aromatic N) is 3. The number of unbranched alkanes of at least 4 members (excludes halogenated alkanes) is 1. The highest BCUT2D eigenvalue weighted by Gasteiger charge is 2.24. The Morgan fingerprint density at radius 3 is 3.04 bits per heavy atom. The number of aryl methyl sites for hydroxylation is 2. The molecule has 1 aromatic carbocycles. The van der Waals surface area contributed by atoms with Crippen molar-refractivity contribution in [2.24, 2.45) is 0 Å². The number of carbonyl (C=O) groups is 1. The van der Waals surface area contributed by atoms with Crippen molar-refractivity contribution < 1.29 is 4.79 Å². The Morgan fingerprint density at radius 1 is 1.31 bits per heavy atom. The van der Waals surface area contributed by atoms with E-state index in [1.807, 2.05) is 18.2 Å². The van der Waals surface area contributed by atoms with Crippen molar-refractivity contribution >= 4 is 44.9 Å². The van der Waals surface area contributed by atoms with Crippen molar-refractivity contribution in [3.8, 4) is 0 Å². The zero-order valence-electron chi connectivity index (χ0n) is 14.5.